The van der Waals surface area contributed by atoms with Crippen LogP contribution in [-0.4, -0.2) is 9.97 Å². The number of nitriles is 1. The third kappa shape index (κ3) is 2.30. The Labute approximate surface area is 91.0 Å². The summed E-state index contributed by atoms with van der Waals surface area (Å²) in [7, 11) is 0. The Kier molecular flexibility index (Phi) is 2.74. The summed E-state index contributed by atoms with van der Waals surface area (Å²) in [4.78, 5) is 7.50. The first-order valence-corrected chi connectivity index (χ1v) is 4.41. The molecule has 2 rings (SSSR count). The second-order valence-corrected chi connectivity index (χ2v) is 2.96. The fraction of sp³-hybridized carbons (Fsp3) is 0. The average molecular weight is 215 g/mol. The summed E-state index contributed by atoms with van der Waals surface area (Å²) in [5.74, 6) is 0.106. The normalized spacial score (nSPS) is 9.50. The average Bonchev–Trinajstić information content (AvgIpc) is 2.29. The summed E-state index contributed by atoms with van der Waals surface area (Å²) in [6.45, 7) is 0. The van der Waals surface area contributed by atoms with Crippen LogP contribution < -0.4 is 4.74 Å². The van der Waals surface area contributed by atoms with Crippen LogP contribution in [0.3, 0.4) is 0 Å². The molecule has 0 aliphatic rings. The Morgan fingerprint density at radius 3 is 2.56 bits per heavy atom. The highest BCUT2D eigenvalue weighted by Gasteiger charge is 2.02. The lowest BCUT2D eigenvalue weighted by atomic mass is 10.2. The summed E-state index contributed by atoms with van der Waals surface area (Å²) in [6.07, 6.45) is 4.26. The summed E-state index contributed by atoms with van der Waals surface area (Å²) in [6, 6.07) is 5.60. The second kappa shape index (κ2) is 4.36. The number of benzene rings is 1. The Morgan fingerprint density at radius 1 is 1.12 bits per heavy atom. The van der Waals surface area contributed by atoms with Gasteiger partial charge < -0.3 is 4.74 Å². The van der Waals surface area contributed by atoms with Crippen molar-refractivity contribution in [3.63, 3.8) is 0 Å². The Balaban J connectivity index is 2.29. The topological polar surface area (TPSA) is 58.8 Å². The number of aromatic nitrogens is 2. The molecular weight excluding hydrogens is 209 g/mol. The van der Waals surface area contributed by atoms with Crippen LogP contribution >= 0.6 is 0 Å². The molecule has 0 saturated carbocycles. The lowest BCUT2D eigenvalue weighted by Gasteiger charge is -2.04. The number of hydrogen-bond acceptors (Lipinski definition) is 4. The van der Waals surface area contributed by atoms with Crippen LogP contribution in [0.2, 0.25) is 0 Å². The van der Waals surface area contributed by atoms with Crippen LogP contribution in [0.5, 0.6) is 11.5 Å². The molecule has 1 aromatic carbocycles. The van der Waals surface area contributed by atoms with Gasteiger partial charge in [-0.3, -0.25) is 0 Å². The molecule has 1 heterocycles. The van der Waals surface area contributed by atoms with Crippen LogP contribution in [0.1, 0.15) is 5.56 Å². The highest BCUT2D eigenvalue weighted by molar-refractivity contribution is 5.38. The lowest BCUT2D eigenvalue weighted by molar-refractivity contribution is 0.471. The molecule has 0 saturated heterocycles. The zero-order chi connectivity index (χ0) is 11.4. The molecule has 0 aliphatic heterocycles. The summed E-state index contributed by atoms with van der Waals surface area (Å²) >= 11 is 0. The molecule has 78 valence electrons. The van der Waals surface area contributed by atoms with E-state index in [4.69, 9.17) is 10.00 Å². The fourth-order valence-corrected chi connectivity index (χ4v) is 1.16. The lowest BCUT2D eigenvalue weighted by Crippen LogP contribution is -1.88. The van der Waals surface area contributed by atoms with Crippen molar-refractivity contribution in [1.29, 1.82) is 5.26 Å². The van der Waals surface area contributed by atoms with E-state index >= 15 is 0 Å². The van der Waals surface area contributed by atoms with Gasteiger partial charge in [-0.2, -0.15) is 5.26 Å². The zero-order valence-electron chi connectivity index (χ0n) is 8.09. The van der Waals surface area contributed by atoms with Gasteiger partial charge in [-0.05, 0) is 12.1 Å². The standard InChI is InChI=1S/C11H6FN3O/c12-9-1-8(4-13)2-10(3-9)16-11-5-14-7-15-6-11/h1-3,5-7H. The van der Waals surface area contributed by atoms with Gasteiger partial charge in [-0.15, -0.1) is 0 Å². The van der Waals surface area contributed by atoms with Crippen LogP contribution in [0.15, 0.2) is 36.9 Å². The minimum Gasteiger partial charge on any atom is -0.454 e. The van der Waals surface area contributed by atoms with Gasteiger partial charge in [0.1, 0.15) is 17.9 Å². The van der Waals surface area contributed by atoms with E-state index in [9.17, 15) is 4.39 Å². The highest BCUT2D eigenvalue weighted by Crippen LogP contribution is 2.21. The molecule has 4 nitrogen and oxygen atoms in total. The van der Waals surface area contributed by atoms with E-state index in [1.807, 2.05) is 6.07 Å². The SMILES string of the molecule is N#Cc1cc(F)cc(Oc2cncnc2)c1. The fourth-order valence-electron chi connectivity index (χ4n) is 1.16. The molecule has 0 spiro atoms. The summed E-state index contributed by atoms with van der Waals surface area (Å²) in [5.41, 5.74) is 0.201. The van der Waals surface area contributed by atoms with Crippen molar-refractivity contribution in [2.24, 2.45) is 0 Å². The minimum atomic E-state index is -0.522. The smallest absolute Gasteiger partial charge is 0.163 e. The van der Waals surface area contributed by atoms with Crippen LogP contribution in [-0.2, 0) is 0 Å². The van der Waals surface area contributed by atoms with E-state index in [2.05, 4.69) is 9.97 Å². The first kappa shape index (κ1) is 10.1. The van der Waals surface area contributed by atoms with E-state index in [1.165, 1.54) is 30.9 Å². The quantitative estimate of drug-likeness (QED) is 0.771. The van der Waals surface area contributed by atoms with E-state index < -0.39 is 5.82 Å². The van der Waals surface area contributed by atoms with Crippen LogP contribution in [0, 0.1) is 17.1 Å². The first-order chi connectivity index (χ1) is 7.78. The molecule has 2 aromatic rings. The molecule has 0 amide bonds. The van der Waals surface area contributed by atoms with Crippen molar-refractivity contribution >= 4 is 0 Å². The van der Waals surface area contributed by atoms with Gasteiger partial charge in [-0.25, -0.2) is 14.4 Å². The second-order valence-electron chi connectivity index (χ2n) is 2.96. The maximum Gasteiger partial charge on any atom is 0.163 e. The van der Waals surface area contributed by atoms with Crippen molar-refractivity contribution in [1.82, 2.24) is 9.97 Å². The summed E-state index contributed by atoms with van der Waals surface area (Å²) in [5, 5.41) is 8.66. The maximum absolute atomic E-state index is 13.1. The van der Waals surface area contributed by atoms with Crippen molar-refractivity contribution in [3.8, 4) is 17.6 Å². The van der Waals surface area contributed by atoms with Gasteiger partial charge in [0.2, 0.25) is 0 Å². The summed E-state index contributed by atoms with van der Waals surface area (Å²) < 4.78 is 18.3. The van der Waals surface area contributed by atoms with Gasteiger partial charge in [0.15, 0.2) is 5.75 Å². The third-order valence-corrected chi connectivity index (χ3v) is 1.77. The van der Waals surface area contributed by atoms with Gasteiger partial charge in [0.25, 0.3) is 0 Å². The molecule has 0 atom stereocenters. The molecule has 16 heavy (non-hydrogen) atoms. The third-order valence-electron chi connectivity index (χ3n) is 1.77. The monoisotopic (exact) mass is 215 g/mol. The predicted molar refractivity (Wildman–Crippen MR) is 53.2 cm³/mol. The predicted octanol–water partition coefficient (Wildman–Crippen LogP) is 2.28. The minimum absolute atomic E-state index is 0.201. The molecule has 0 unspecified atom stereocenters. The largest absolute Gasteiger partial charge is 0.454 e. The van der Waals surface area contributed by atoms with Crippen molar-refractivity contribution in [3.05, 3.63) is 48.3 Å². The van der Waals surface area contributed by atoms with Crippen molar-refractivity contribution in [2.45, 2.75) is 0 Å². The van der Waals surface area contributed by atoms with Crippen LogP contribution in [0.25, 0.3) is 0 Å². The number of nitrogens with zero attached hydrogens (tertiary/aromatic N) is 3. The number of rotatable bonds is 2. The molecule has 1 aromatic heterocycles. The Hall–Kier alpha value is -2.48. The number of hydrogen-bond donors (Lipinski definition) is 0. The van der Waals surface area contributed by atoms with Crippen molar-refractivity contribution < 1.29 is 9.13 Å². The molecule has 0 fully saturated rings. The Bertz CT molecular complexity index is 537. The maximum atomic E-state index is 13.1. The zero-order valence-corrected chi connectivity index (χ0v) is 8.09. The van der Waals surface area contributed by atoms with Crippen LogP contribution in [0.4, 0.5) is 4.39 Å². The first-order valence-electron chi connectivity index (χ1n) is 4.41. The van der Waals surface area contributed by atoms with Gasteiger partial charge >= 0.3 is 0 Å². The molecule has 0 aliphatic carbocycles. The molecule has 0 bridgehead atoms. The molecular formula is C11H6FN3O. The number of halogens is 1. The molecule has 0 N–H and O–H groups in total. The van der Waals surface area contributed by atoms with E-state index in [0.29, 0.717) is 5.75 Å². The molecule has 0 radical (unpaired) electrons. The van der Waals surface area contributed by atoms with E-state index in [1.54, 1.807) is 0 Å². The molecule has 5 heteroatoms. The highest BCUT2D eigenvalue weighted by atomic mass is 19.1. The van der Waals surface area contributed by atoms with E-state index in [-0.39, 0.29) is 11.3 Å². The van der Waals surface area contributed by atoms with E-state index in [0.717, 1.165) is 6.07 Å². The van der Waals surface area contributed by atoms with Gasteiger partial charge in [0.05, 0.1) is 24.0 Å². The Morgan fingerprint density at radius 2 is 1.88 bits per heavy atom. The van der Waals surface area contributed by atoms with Gasteiger partial charge in [0, 0.05) is 6.07 Å². The van der Waals surface area contributed by atoms with Crippen molar-refractivity contribution in [2.75, 3.05) is 0 Å². The number of ether oxygens (including phenoxy) is 1. The van der Waals surface area contributed by atoms with Gasteiger partial charge in [-0.1, -0.05) is 0 Å².